The van der Waals surface area contributed by atoms with Crippen LogP contribution < -0.4 is 0 Å². The van der Waals surface area contributed by atoms with Gasteiger partial charge in [0.05, 0.1) is 5.38 Å². The fourth-order valence-electron chi connectivity index (χ4n) is 0.749. The van der Waals surface area contributed by atoms with Crippen molar-refractivity contribution >= 4 is 28.7 Å². The van der Waals surface area contributed by atoms with Crippen LogP contribution in [0.4, 0.5) is 0 Å². The Morgan fingerprint density at radius 1 is 1.82 bits per heavy atom. The van der Waals surface area contributed by atoms with Crippen LogP contribution >= 0.6 is 22.9 Å². The van der Waals surface area contributed by atoms with Gasteiger partial charge in [-0.25, -0.2) is 0 Å². The number of carbonyl (C=O) groups is 1. The molecule has 0 bridgehead atoms. The molecule has 1 aromatic heterocycles. The van der Waals surface area contributed by atoms with Crippen LogP contribution in [0.3, 0.4) is 0 Å². The normalized spacial score (nSPS) is 12.9. The summed E-state index contributed by atoms with van der Waals surface area (Å²) in [4.78, 5) is 11.9. The van der Waals surface area contributed by atoms with E-state index in [2.05, 4.69) is 0 Å². The summed E-state index contributed by atoms with van der Waals surface area (Å²) in [6.07, 6.45) is 0.661. The van der Waals surface area contributed by atoms with E-state index < -0.39 is 0 Å². The van der Waals surface area contributed by atoms with E-state index in [0.717, 1.165) is 0 Å². The Morgan fingerprint density at radius 2 is 2.55 bits per heavy atom. The lowest BCUT2D eigenvalue weighted by Gasteiger charge is -2.01. The summed E-state index contributed by atoms with van der Waals surface area (Å²) < 4.78 is 0. The highest BCUT2D eigenvalue weighted by atomic mass is 35.5. The van der Waals surface area contributed by atoms with Crippen LogP contribution in [0, 0.1) is 0 Å². The molecular formula is C8H9ClOS. The second-order valence-electron chi connectivity index (χ2n) is 2.36. The van der Waals surface area contributed by atoms with E-state index in [0.29, 0.717) is 6.42 Å². The van der Waals surface area contributed by atoms with E-state index in [4.69, 9.17) is 11.6 Å². The molecule has 1 atom stereocenters. The molecule has 1 unspecified atom stereocenters. The van der Waals surface area contributed by atoms with Gasteiger partial charge in [-0.15, -0.1) is 22.9 Å². The molecule has 0 N–H and O–H groups in total. The number of rotatable bonds is 3. The lowest BCUT2D eigenvalue weighted by atomic mass is 10.2. The molecule has 0 saturated heterocycles. The van der Waals surface area contributed by atoms with Crippen molar-refractivity contribution in [2.24, 2.45) is 0 Å². The predicted molar refractivity (Wildman–Crippen MR) is 48.3 cm³/mol. The van der Waals surface area contributed by atoms with Crippen LogP contribution in [0.15, 0.2) is 17.5 Å². The van der Waals surface area contributed by atoms with Gasteiger partial charge >= 0.3 is 0 Å². The highest BCUT2D eigenvalue weighted by Crippen LogP contribution is 2.14. The lowest BCUT2D eigenvalue weighted by molar-refractivity contribution is -0.116. The van der Waals surface area contributed by atoms with Crippen molar-refractivity contribution in [2.45, 2.75) is 18.7 Å². The Kier molecular flexibility index (Phi) is 3.09. The first-order valence-electron chi connectivity index (χ1n) is 3.37. The van der Waals surface area contributed by atoms with Gasteiger partial charge in [-0.3, -0.25) is 4.79 Å². The van der Waals surface area contributed by atoms with E-state index in [1.165, 1.54) is 11.8 Å². The number of thiophene rings is 1. The van der Waals surface area contributed by atoms with Crippen molar-refractivity contribution < 1.29 is 4.79 Å². The highest BCUT2D eigenvalue weighted by Gasteiger charge is 2.10. The Morgan fingerprint density at radius 3 is 3.00 bits per heavy atom. The molecule has 0 aliphatic heterocycles. The van der Waals surface area contributed by atoms with Crippen molar-refractivity contribution in [3.05, 3.63) is 22.4 Å². The largest absolute Gasteiger partial charge is 0.298 e. The maximum Gasteiger partial charge on any atom is 0.147 e. The average Bonchev–Trinajstić information content (AvgIpc) is 2.39. The number of carbonyl (C=O) groups excluding carboxylic acids is 1. The van der Waals surface area contributed by atoms with Gasteiger partial charge in [0, 0.05) is 11.3 Å². The Bertz CT molecular complexity index is 230. The summed E-state index contributed by atoms with van der Waals surface area (Å²) in [5, 5.41) is 1.63. The smallest absolute Gasteiger partial charge is 0.147 e. The number of alkyl halides is 1. The predicted octanol–water partition coefficient (Wildman–Crippen LogP) is 2.49. The fraction of sp³-hybridized carbons (Fsp3) is 0.375. The van der Waals surface area contributed by atoms with Crippen LogP contribution in [0.25, 0.3) is 0 Å². The van der Waals surface area contributed by atoms with Gasteiger partial charge in [-0.1, -0.05) is 6.07 Å². The maximum atomic E-state index is 10.7. The third kappa shape index (κ3) is 2.64. The Hall–Kier alpha value is -0.340. The second kappa shape index (κ2) is 3.88. The molecule has 3 heteroatoms. The fourth-order valence-corrected chi connectivity index (χ4v) is 1.76. The maximum absolute atomic E-state index is 10.7. The monoisotopic (exact) mass is 188 g/mol. The molecule has 1 rings (SSSR count). The summed E-state index contributed by atoms with van der Waals surface area (Å²) >= 11 is 7.40. The number of hydrogen-bond acceptors (Lipinski definition) is 2. The topological polar surface area (TPSA) is 17.1 Å². The number of ketones is 1. The first kappa shape index (κ1) is 8.75. The Balaban J connectivity index is 2.50. The SMILES string of the molecule is CC(=O)C(Cl)Cc1cccs1. The molecule has 60 valence electrons. The van der Waals surface area contributed by atoms with Crippen molar-refractivity contribution in [1.29, 1.82) is 0 Å². The minimum Gasteiger partial charge on any atom is -0.298 e. The minimum absolute atomic E-state index is 0.0417. The van der Waals surface area contributed by atoms with Gasteiger partial charge in [0.2, 0.25) is 0 Å². The van der Waals surface area contributed by atoms with E-state index in [1.54, 1.807) is 11.3 Å². The van der Waals surface area contributed by atoms with Crippen LogP contribution in [-0.4, -0.2) is 11.2 Å². The first-order valence-corrected chi connectivity index (χ1v) is 4.68. The molecule has 0 saturated carbocycles. The summed E-state index contributed by atoms with van der Waals surface area (Å²) in [7, 11) is 0. The molecular weight excluding hydrogens is 180 g/mol. The van der Waals surface area contributed by atoms with Gasteiger partial charge in [0.25, 0.3) is 0 Å². The van der Waals surface area contributed by atoms with E-state index in [9.17, 15) is 4.79 Å². The van der Waals surface area contributed by atoms with Gasteiger partial charge in [-0.2, -0.15) is 0 Å². The van der Waals surface area contributed by atoms with E-state index in [-0.39, 0.29) is 11.2 Å². The van der Waals surface area contributed by atoms with Crippen molar-refractivity contribution in [2.75, 3.05) is 0 Å². The van der Waals surface area contributed by atoms with Crippen molar-refractivity contribution in [1.82, 2.24) is 0 Å². The quantitative estimate of drug-likeness (QED) is 0.667. The third-order valence-electron chi connectivity index (χ3n) is 1.40. The molecule has 0 aliphatic carbocycles. The summed E-state index contributed by atoms with van der Waals surface area (Å²) in [5.41, 5.74) is 0. The van der Waals surface area contributed by atoms with Crippen LogP contribution in [-0.2, 0) is 11.2 Å². The van der Waals surface area contributed by atoms with Gasteiger partial charge in [0.15, 0.2) is 0 Å². The summed E-state index contributed by atoms with van der Waals surface area (Å²) in [6.45, 7) is 1.52. The summed E-state index contributed by atoms with van der Waals surface area (Å²) in [6, 6.07) is 3.95. The van der Waals surface area contributed by atoms with Crippen molar-refractivity contribution in [3.8, 4) is 0 Å². The molecule has 0 aromatic carbocycles. The zero-order valence-electron chi connectivity index (χ0n) is 6.21. The number of hydrogen-bond donors (Lipinski definition) is 0. The Labute approximate surface area is 75.0 Å². The first-order chi connectivity index (χ1) is 5.20. The highest BCUT2D eigenvalue weighted by molar-refractivity contribution is 7.09. The third-order valence-corrected chi connectivity index (χ3v) is 2.76. The zero-order valence-corrected chi connectivity index (χ0v) is 7.78. The van der Waals surface area contributed by atoms with Crippen LogP contribution in [0.5, 0.6) is 0 Å². The second-order valence-corrected chi connectivity index (χ2v) is 3.92. The standard InChI is InChI=1S/C8H9ClOS/c1-6(10)8(9)5-7-3-2-4-11-7/h2-4,8H,5H2,1H3. The molecule has 0 amide bonds. The molecule has 0 radical (unpaired) electrons. The molecule has 0 spiro atoms. The zero-order chi connectivity index (χ0) is 8.27. The molecule has 0 aliphatic rings. The molecule has 11 heavy (non-hydrogen) atoms. The molecule has 1 nitrogen and oxygen atoms in total. The van der Waals surface area contributed by atoms with Crippen LogP contribution in [0.2, 0.25) is 0 Å². The lowest BCUT2D eigenvalue weighted by Crippen LogP contribution is -2.12. The summed E-state index contributed by atoms with van der Waals surface area (Å²) in [5.74, 6) is 0.0417. The molecule has 1 heterocycles. The average molecular weight is 189 g/mol. The van der Waals surface area contributed by atoms with Crippen LogP contribution in [0.1, 0.15) is 11.8 Å². The van der Waals surface area contributed by atoms with Crippen molar-refractivity contribution in [3.63, 3.8) is 0 Å². The van der Waals surface area contributed by atoms with Gasteiger partial charge in [-0.05, 0) is 18.4 Å². The minimum atomic E-state index is -0.353. The molecule has 0 fully saturated rings. The van der Waals surface area contributed by atoms with Gasteiger partial charge < -0.3 is 0 Å². The molecule has 1 aromatic rings. The van der Waals surface area contributed by atoms with Gasteiger partial charge in [0.1, 0.15) is 5.78 Å². The number of halogens is 1. The van der Waals surface area contributed by atoms with E-state index >= 15 is 0 Å². The van der Waals surface area contributed by atoms with E-state index in [1.807, 2.05) is 17.5 Å². The number of Topliss-reactive ketones (excluding diaryl/α,β-unsaturated/α-hetero) is 1.